The van der Waals surface area contributed by atoms with E-state index in [2.05, 4.69) is 155 Å². The molecule has 8 amide bonds. The van der Waals surface area contributed by atoms with E-state index in [0.29, 0.717) is 108 Å². The summed E-state index contributed by atoms with van der Waals surface area (Å²) in [5, 5.41) is 49.2. The van der Waals surface area contributed by atoms with Crippen molar-refractivity contribution in [1.82, 2.24) is 79.9 Å². The first-order valence-corrected chi connectivity index (χ1v) is 48.8. The Morgan fingerprint density at radius 3 is 0.863 bits per heavy atom. The molecular weight excluding hydrogens is 1740 g/mol. The molecule has 8 aromatic rings. The average molecular weight is 1880 g/mol. The summed E-state index contributed by atoms with van der Waals surface area (Å²) >= 11 is 4.88. The van der Waals surface area contributed by atoms with Gasteiger partial charge in [0.25, 0.3) is 47.3 Å². The fraction of sp³-hybridized carbons (Fsp3) is 0.579. The zero-order chi connectivity index (χ0) is 96.0. The van der Waals surface area contributed by atoms with Gasteiger partial charge in [-0.15, -0.1) is 45.3 Å². The minimum Gasteiger partial charge on any atom is -0.392 e. The maximum atomic E-state index is 13.5. The Bertz CT molecular complexity index is 5310. The Hall–Kier alpha value is -10.1. The monoisotopic (exact) mass is 1870 g/mol. The number of aryl methyl sites for hydroxylation is 4. The standard InChI is InChI=1S/C24H36N6O2S.2C24H33N5O3S.C23H33N5O3S/c1-14-11-17(29-23(3,4)5)26-12-16(14)19-18(22(32)30-10-8-9-15(30)2)28-21(33-19)20(31)27-13-24(6,7)25;2*1-14-11-18(27-24(3,4)5)25-12-17(14)20-19(22(31)29-9-6-7-15(29)2)26-21(33-20)23(32)28-10-8-16(30)13-28;1-13-10-17(27-23(4,5)6)24-12-16(13)19-18(22(31)28-9-7-8-14(28)2)26-21(32-19)20(30)25-11-15(3)29/h11-12,15H,8-10,13,25H2,1-7H3,(H,26,29)(H,27,31);2*11-12,15-16,30H,6-10,13H2,1-5H3,(H,25,27);10,12,14-15,29H,7-9,11H2,1-6H3,(H,24,27)(H,25,30)/t15-;15-,16+;15-,16-;14-,15-/m0000/s1. The van der Waals surface area contributed by atoms with Gasteiger partial charge in [0.15, 0.2) is 20.0 Å². The van der Waals surface area contributed by atoms with Gasteiger partial charge in [-0.1, -0.05) is 0 Å². The lowest BCUT2D eigenvalue weighted by atomic mass is 10.1. The summed E-state index contributed by atoms with van der Waals surface area (Å²) in [5.41, 5.74) is 13.2. The molecule has 0 aromatic carbocycles. The summed E-state index contributed by atoms with van der Waals surface area (Å²) in [4.78, 5) is 155. The Morgan fingerprint density at radius 1 is 0.397 bits per heavy atom. The van der Waals surface area contributed by atoms with E-state index in [1.165, 1.54) is 45.3 Å². The number of nitrogens with two attached hydrogens (primary N) is 1. The lowest BCUT2D eigenvalue weighted by Crippen LogP contribution is -2.45. The molecule has 131 heavy (non-hydrogen) atoms. The first kappa shape index (κ1) is 101. The number of anilines is 4. The van der Waals surface area contributed by atoms with Gasteiger partial charge in [-0.05, 0) is 270 Å². The number of thiazole rings is 4. The van der Waals surface area contributed by atoms with Gasteiger partial charge in [-0.2, -0.15) is 0 Å². The highest BCUT2D eigenvalue weighted by molar-refractivity contribution is 7.18. The van der Waals surface area contributed by atoms with Crippen molar-refractivity contribution in [3.63, 3.8) is 0 Å². The molecule has 0 saturated carbocycles. The van der Waals surface area contributed by atoms with Gasteiger partial charge in [0, 0.05) is 164 Å². The zero-order valence-electron chi connectivity index (χ0n) is 80.4. The van der Waals surface area contributed by atoms with Gasteiger partial charge < -0.3 is 82.4 Å². The Labute approximate surface area is 786 Å². The smallest absolute Gasteiger partial charge is 0.282 e. The molecule has 14 rings (SSSR count). The number of nitrogens with one attached hydrogen (secondary N) is 6. The maximum absolute atomic E-state index is 13.5. The molecule has 6 aliphatic rings. The topological polar surface area (TPSA) is 418 Å². The minimum absolute atomic E-state index is 0.119. The SMILES string of the molecule is Cc1cc(NC(C)(C)C)ncc1-c1sc(C(=O)N2CC[C@@H](O)C2)nc1C(=O)N1CCC[C@@H]1C.Cc1cc(NC(C)(C)C)ncc1-c1sc(C(=O)N2CC[C@H](O)C2)nc1C(=O)N1CCC[C@@H]1C.Cc1cc(NC(C)(C)C)ncc1-c1sc(C(=O)NCC(C)(C)N)nc1C(=O)N1CCC[C@@H]1C.Cc1cc(NC(C)(C)C)ncc1-c1sc(C(=O)NC[C@H](C)O)nc1C(=O)N1CCC[C@@H]1C. The number of pyridine rings is 4. The molecule has 6 fully saturated rings. The lowest BCUT2D eigenvalue weighted by Gasteiger charge is -2.22. The minimum atomic E-state index is -0.667. The van der Waals surface area contributed by atoms with Crippen LogP contribution in [0.3, 0.4) is 0 Å². The molecule has 0 unspecified atom stereocenters. The molecule has 36 heteroatoms. The van der Waals surface area contributed by atoms with Crippen molar-refractivity contribution >= 4 is 116 Å². The molecule has 0 radical (unpaired) electrons. The largest absolute Gasteiger partial charge is 0.392 e. The van der Waals surface area contributed by atoms with Gasteiger partial charge >= 0.3 is 0 Å². The molecular formula is C95H135N21O11S4. The third-order valence-electron chi connectivity index (χ3n) is 22.9. The van der Waals surface area contributed by atoms with Crippen LogP contribution in [-0.4, -0.2) is 267 Å². The molecule has 0 bridgehead atoms. The number of hydrogen-bond acceptors (Lipinski definition) is 28. The molecule has 710 valence electrons. The van der Waals surface area contributed by atoms with E-state index >= 15 is 0 Å². The number of carbonyl (C=O) groups is 8. The highest BCUT2D eigenvalue weighted by atomic mass is 32.1. The quantitative estimate of drug-likeness (QED) is 0.0339. The molecule has 6 aliphatic heterocycles. The third-order valence-corrected chi connectivity index (χ3v) is 27.3. The summed E-state index contributed by atoms with van der Waals surface area (Å²) in [5.74, 6) is 1.27. The van der Waals surface area contributed by atoms with Gasteiger partial charge in [0.2, 0.25) is 0 Å². The van der Waals surface area contributed by atoms with Crippen LogP contribution in [0.2, 0.25) is 0 Å². The van der Waals surface area contributed by atoms with Crippen LogP contribution in [0, 0.1) is 27.7 Å². The van der Waals surface area contributed by atoms with Gasteiger partial charge in [0.05, 0.1) is 37.8 Å². The summed E-state index contributed by atoms with van der Waals surface area (Å²) < 4.78 is 0. The summed E-state index contributed by atoms with van der Waals surface area (Å²) in [7, 11) is 0. The molecule has 32 nitrogen and oxygen atoms in total. The Kier molecular flexibility index (Phi) is 32.5. The fourth-order valence-corrected chi connectivity index (χ4v) is 20.6. The summed E-state index contributed by atoms with van der Waals surface area (Å²) in [6.45, 7) is 51.0. The van der Waals surface area contributed by atoms with Gasteiger partial charge in [-0.3, -0.25) is 38.4 Å². The van der Waals surface area contributed by atoms with Crippen molar-refractivity contribution in [3.8, 4) is 41.8 Å². The number of aromatic nitrogens is 8. The fourth-order valence-electron chi connectivity index (χ4n) is 16.3. The summed E-state index contributed by atoms with van der Waals surface area (Å²) in [6.07, 6.45) is 14.2. The lowest BCUT2D eigenvalue weighted by molar-refractivity contribution is 0.0730. The van der Waals surface area contributed by atoms with E-state index < -0.39 is 29.8 Å². The van der Waals surface area contributed by atoms with Crippen molar-refractivity contribution in [2.45, 2.75) is 294 Å². The second-order valence-electron chi connectivity index (χ2n) is 40.4. The number of aliphatic hydroxyl groups is 3. The molecule has 7 atom stereocenters. The number of nitrogens with zero attached hydrogens (tertiary/aromatic N) is 14. The van der Waals surface area contributed by atoms with Crippen molar-refractivity contribution in [3.05, 3.63) is 114 Å². The number of hydrogen-bond donors (Lipinski definition) is 10. The highest BCUT2D eigenvalue weighted by Gasteiger charge is 2.40. The van der Waals surface area contributed by atoms with E-state index in [9.17, 15) is 53.7 Å². The first-order chi connectivity index (χ1) is 61.3. The van der Waals surface area contributed by atoms with E-state index in [-0.39, 0.29) is 120 Å². The number of aliphatic hydroxyl groups excluding tert-OH is 3. The molecule has 8 aromatic heterocycles. The second-order valence-corrected chi connectivity index (χ2v) is 44.4. The first-order valence-electron chi connectivity index (χ1n) is 45.5. The van der Waals surface area contributed by atoms with Crippen LogP contribution in [0.1, 0.15) is 299 Å². The predicted octanol–water partition coefficient (Wildman–Crippen LogP) is 14.4. The molecule has 14 heterocycles. The van der Waals surface area contributed by atoms with Crippen molar-refractivity contribution in [2.24, 2.45) is 5.73 Å². The van der Waals surface area contributed by atoms with Gasteiger partial charge in [-0.25, -0.2) is 39.9 Å². The number of amides is 8. The molecule has 6 saturated heterocycles. The summed E-state index contributed by atoms with van der Waals surface area (Å²) in [6, 6.07) is 8.43. The molecule has 11 N–H and O–H groups in total. The average Bonchev–Trinajstić information content (AvgIpc) is 1.65. The molecule has 0 aliphatic carbocycles. The predicted molar refractivity (Wildman–Crippen MR) is 520 cm³/mol. The van der Waals surface area contributed by atoms with Crippen LogP contribution in [0.4, 0.5) is 23.3 Å². The normalized spacial score (nSPS) is 19.0. The number of carbonyl (C=O) groups excluding carboxylic acids is 8. The number of rotatable bonds is 20. The molecule has 0 spiro atoms. The number of likely N-dealkylation sites (tertiary alicyclic amines) is 6. The van der Waals surface area contributed by atoms with E-state index in [1.54, 1.807) is 41.5 Å². The zero-order valence-corrected chi connectivity index (χ0v) is 83.6. The maximum Gasteiger partial charge on any atom is 0.282 e. The van der Waals surface area contributed by atoms with Crippen LogP contribution in [0.15, 0.2) is 49.1 Å². The Morgan fingerprint density at radius 2 is 0.649 bits per heavy atom. The van der Waals surface area contributed by atoms with Crippen LogP contribution in [0.5, 0.6) is 0 Å². The van der Waals surface area contributed by atoms with Crippen LogP contribution in [0.25, 0.3) is 41.8 Å². The van der Waals surface area contributed by atoms with Crippen molar-refractivity contribution in [2.75, 3.05) is 86.7 Å². The third kappa shape index (κ3) is 26.5. The van der Waals surface area contributed by atoms with Crippen molar-refractivity contribution < 1.29 is 53.7 Å². The second kappa shape index (κ2) is 42.0. The van der Waals surface area contributed by atoms with Crippen LogP contribution < -0.4 is 37.6 Å². The number of β-amino-alcohol motifs (C(OH)–C–C–N with tert-alkyl or cyclic N) is 2. The van der Waals surface area contributed by atoms with E-state index in [1.807, 2.05) is 113 Å². The van der Waals surface area contributed by atoms with E-state index in [4.69, 9.17) is 5.73 Å². The van der Waals surface area contributed by atoms with Crippen LogP contribution in [-0.2, 0) is 0 Å². The van der Waals surface area contributed by atoms with E-state index in [0.717, 1.165) is 119 Å². The Balaban J connectivity index is 0.000000169. The van der Waals surface area contributed by atoms with Crippen LogP contribution >= 0.6 is 45.3 Å². The van der Waals surface area contributed by atoms with Gasteiger partial charge in [0.1, 0.15) is 46.0 Å². The van der Waals surface area contributed by atoms with Crippen molar-refractivity contribution in [1.29, 1.82) is 0 Å². The highest BCUT2D eigenvalue weighted by Crippen LogP contribution is 2.42.